The van der Waals surface area contributed by atoms with Crippen LogP contribution in [0, 0.1) is 0 Å². The molecule has 0 saturated carbocycles. The molecule has 0 bridgehead atoms. The van der Waals surface area contributed by atoms with Crippen molar-refractivity contribution < 1.29 is 9.84 Å². The largest absolute Gasteiger partial charge is 0.494 e. The Kier molecular flexibility index (Phi) is 6.66. The number of hydrogen-bond acceptors (Lipinski definition) is 2. The molecule has 0 amide bonds. The smallest absolute Gasteiger partial charge is 0.119 e. The van der Waals surface area contributed by atoms with Crippen LogP contribution in [0.2, 0.25) is 0 Å². The van der Waals surface area contributed by atoms with E-state index >= 15 is 0 Å². The standard InChI is InChI=1S/C14H22O2/c1-2-3-4-6-13-7-9-14(10-8-13)16-12-5-11-15/h7-10,15H,2-6,11-12H2,1H3. The molecular formula is C14H22O2. The molecule has 0 aliphatic carbocycles. The normalized spacial score (nSPS) is 10.4. The number of hydrogen-bond donors (Lipinski definition) is 1. The molecule has 1 rings (SSSR count). The SMILES string of the molecule is CCCCCc1ccc(OCCCO)cc1. The fourth-order valence-electron chi connectivity index (χ4n) is 1.59. The predicted molar refractivity (Wildman–Crippen MR) is 66.9 cm³/mol. The molecule has 0 heterocycles. The van der Waals surface area contributed by atoms with Crippen molar-refractivity contribution in [2.45, 2.75) is 39.0 Å². The monoisotopic (exact) mass is 222 g/mol. The second kappa shape index (κ2) is 8.17. The predicted octanol–water partition coefficient (Wildman–Crippen LogP) is 3.18. The van der Waals surface area contributed by atoms with Gasteiger partial charge in [0, 0.05) is 13.0 Å². The summed E-state index contributed by atoms with van der Waals surface area (Å²) in [7, 11) is 0. The minimum Gasteiger partial charge on any atom is -0.494 e. The minimum atomic E-state index is 0.190. The van der Waals surface area contributed by atoms with Crippen LogP contribution < -0.4 is 4.74 Å². The lowest BCUT2D eigenvalue weighted by Gasteiger charge is -2.06. The second-order valence-corrected chi connectivity index (χ2v) is 4.03. The molecule has 2 heteroatoms. The number of rotatable bonds is 8. The van der Waals surface area contributed by atoms with Crippen LogP contribution in [-0.4, -0.2) is 18.3 Å². The van der Waals surface area contributed by atoms with Crippen LogP contribution in [0.25, 0.3) is 0 Å². The van der Waals surface area contributed by atoms with Crippen LogP contribution in [-0.2, 0) is 6.42 Å². The quantitative estimate of drug-likeness (QED) is 0.684. The van der Waals surface area contributed by atoms with Gasteiger partial charge in [0.2, 0.25) is 0 Å². The summed E-state index contributed by atoms with van der Waals surface area (Å²) in [5.41, 5.74) is 1.38. The van der Waals surface area contributed by atoms with Gasteiger partial charge < -0.3 is 9.84 Å². The van der Waals surface area contributed by atoms with E-state index in [0.717, 1.165) is 12.2 Å². The van der Waals surface area contributed by atoms with Gasteiger partial charge in [-0.25, -0.2) is 0 Å². The topological polar surface area (TPSA) is 29.5 Å². The highest BCUT2D eigenvalue weighted by Gasteiger charge is 1.95. The number of aliphatic hydroxyl groups is 1. The van der Waals surface area contributed by atoms with Crippen molar-refractivity contribution in [3.8, 4) is 5.75 Å². The van der Waals surface area contributed by atoms with Gasteiger partial charge in [0.05, 0.1) is 6.61 Å². The third-order valence-electron chi connectivity index (χ3n) is 2.56. The van der Waals surface area contributed by atoms with Crippen molar-refractivity contribution in [3.63, 3.8) is 0 Å². The Balaban J connectivity index is 2.30. The highest BCUT2D eigenvalue weighted by atomic mass is 16.5. The van der Waals surface area contributed by atoms with Crippen LogP contribution in [0.1, 0.15) is 38.2 Å². The molecular weight excluding hydrogens is 200 g/mol. The van der Waals surface area contributed by atoms with E-state index in [0.29, 0.717) is 13.0 Å². The van der Waals surface area contributed by atoms with Crippen molar-refractivity contribution in [1.29, 1.82) is 0 Å². The van der Waals surface area contributed by atoms with E-state index in [2.05, 4.69) is 19.1 Å². The average molecular weight is 222 g/mol. The van der Waals surface area contributed by atoms with Crippen LogP contribution >= 0.6 is 0 Å². The van der Waals surface area contributed by atoms with Crippen LogP contribution in [0.3, 0.4) is 0 Å². The van der Waals surface area contributed by atoms with Crippen LogP contribution in [0.15, 0.2) is 24.3 Å². The molecule has 0 saturated heterocycles. The number of ether oxygens (including phenoxy) is 1. The lowest BCUT2D eigenvalue weighted by molar-refractivity contribution is 0.233. The van der Waals surface area contributed by atoms with Gasteiger partial charge in [0.15, 0.2) is 0 Å². The fraction of sp³-hybridized carbons (Fsp3) is 0.571. The molecule has 1 aromatic rings. The third kappa shape index (κ3) is 5.17. The van der Waals surface area contributed by atoms with Crippen molar-refractivity contribution in [2.24, 2.45) is 0 Å². The van der Waals surface area contributed by atoms with Crippen molar-refractivity contribution in [1.82, 2.24) is 0 Å². The van der Waals surface area contributed by atoms with Crippen molar-refractivity contribution in [3.05, 3.63) is 29.8 Å². The molecule has 0 fully saturated rings. The minimum absolute atomic E-state index is 0.190. The zero-order chi connectivity index (χ0) is 11.6. The Bertz CT molecular complexity index is 238. The molecule has 16 heavy (non-hydrogen) atoms. The van der Waals surface area contributed by atoms with Gasteiger partial charge >= 0.3 is 0 Å². The molecule has 1 aromatic carbocycles. The number of aliphatic hydroxyl groups excluding tert-OH is 1. The summed E-state index contributed by atoms with van der Waals surface area (Å²) in [6.07, 6.45) is 5.68. The molecule has 0 aliphatic heterocycles. The molecule has 0 aromatic heterocycles. The maximum atomic E-state index is 8.63. The Hall–Kier alpha value is -1.02. The maximum Gasteiger partial charge on any atom is 0.119 e. The average Bonchev–Trinajstić information content (AvgIpc) is 2.32. The Labute approximate surface area is 98.3 Å². The van der Waals surface area contributed by atoms with Crippen LogP contribution in [0.5, 0.6) is 5.75 Å². The number of aryl methyl sites for hydroxylation is 1. The summed E-state index contributed by atoms with van der Waals surface area (Å²) >= 11 is 0. The molecule has 1 N–H and O–H groups in total. The number of benzene rings is 1. The van der Waals surface area contributed by atoms with Gasteiger partial charge in [-0.15, -0.1) is 0 Å². The van der Waals surface area contributed by atoms with Gasteiger partial charge in [-0.2, -0.15) is 0 Å². The summed E-state index contributed by atoms with van der Waals surface area (Å²) in [5.74, 6) is 0.896. The Morgan fingerprint density at radius 3 is 2.44 bits per heavy atom. The van der Waals surface area contributed by atoms with Crippen LogP contribution in [0.4, 0.5) is 0 Å². The zero-order valence-corrected chi connectivity index (χ0v) is 10.1. The molecule has 0 radical (unpaired) electrons. The van der Waals surface area contributed by atoms with E-state index in [-0.39, 0.29) is 6.61 Å². The van der Waals surface area contributed by atoms with Crippen molar-refractivity contribution in [2.75, 3.05) is 13.2 Å². The summed E-state index contributed by atoms with van der Waals surface area (Å²) in [4.78, 5) is 0. The van der Waals surface area contributed by atoms with E-state index in [9.17, 15) is 0 Å². The molecule has 0 atom stereocenters. The molecule has 0 unspecified atom stereocenters. The lowest BCUT2D eigenvalue weighted by atomic mass is 10.1. The second-order valence-electron chi connectivity index (χ2n) is 4.03. The van der Waals surface area contributed by atoms with Gasteiger partial charge in [-0.3, -0.25) is 0 Å². The summed E-state index contributed by atoms with van der Waals surface area (Å²) < 4.78 is 5.47. The molecule has 0 aliphatic rings. The lowest BCUT2D eigenvalue weighted by Crippen LogP contribution is -1.99. The first kappa shape index (κ1) is 13.0. The summed E-state index contributed by atoms with van der Waals surface area (Å²) in [5, 5.41) is 8.63. The zero-order valence-electron chi connectivity index (χ0n) is 10.1. The van der Waals surface area contributed by atoms with Gasteiger partial charge in [-0.1, -0.05) is 31.9 Å². The first-order valence-corrected chi connectivity index (χ1v) is 6.19. The Morgan fingerprint density at radius 1 is 1.06 bits per heavy atom. The van der Waals surface area contributed by atoms with Gasteiger partial charge in [0.25, 0.3) is 0 Å². The molecule has 90 valence electrons. The van der Waals surface area contributed by atoms with E-state index in [4.69, 9.17) is 9.84 Å². The third-order valence-corrected chi connectivity index (χ3v) is 2.56. The summed E-state index contributed by atoms with van der Waals surface area (Å²) in [6.45, 7) is 3.00. The van der Waals surface area contributed by atoms with Gasteiger partial charge in [0.1, 0.15) is 5.75 Å². The van der Waals surface area contributed by atoms with Crippen molar-refractivity contribution >= 4 is 0 Å². The van der Waals surface area contributed by atoms with E-state index in [1.807, 2.05) is 12.1 Å². The highest BCUT2D eigenvalue weighted by molar-refractivity contribution is 5.27. The molecule has 2 nitrogen and oxygen atoms in total. The summed E-state index contributed by atoms with van der Waals surface area (Å²) in [6, 6.07) is 8.28. The highest BCUT2D eigenvalue weighted by Crippen LogP contribution is 2.14. The fourth-order valence-corrected chi connectivity index (χ4v) is 1.59. The molecule has 0 spiro atoms. The van der Waals surface area contributed by atoms with Gasteiger partial charge in [-0.05, 0) is 30.5 Å². The Morgan fingerprint density at radius 2 is 1.81 bits per heavy atom. The number of unbranched alkanes of at least 4 members (excludes halogenated alkanes) is 2. The van der Waals surface area contributed by atoms with E-state index in [1.54, 1.807) is 0 Å². The van der Waals surface area contributed by atoms with E-state index in [1.165, 1.54) is 24.8 Å². The first-order chi connectivity index (χ1) is 7.86. The maximum absolute atomic E-state index is 8.63. The first-order valence-electron chi connectivity index (χ1n) is 6.19. The van der Waals surface area contributed by atoms with E-state index < -0.39 is 0 Å².